The molecular formula is C43H80N2O17. The van der Waals surface area contributed by atoms with Crippen LogP contribution in [0.15, 0.2) is 0 Å². The largest absolute Gasteiger partial charge is 0.378 e. The zero-order valence-electron chi connectivity index (χ0n) is 37.8. The molecule has 19 nitrogen and oxygen atoms in total. The van der Waals surface area contributed by atoms with Gasteiger partial charge in [0.25, 0.3) is 11.8 Å². The van der Waals surface area contributed by atoms with Crippen molar-refractivity contribution < 1.29 is 80.9 Å². The Bertz CT molecular complexity index is 1030. The molecule has 0 bridgehead atoms. The molecule has 1 rings (SSSR count). The van der Waals surface area contributed by atoms with Gasteiger partial charge in [-0.3, -0.25) is 14.4 Å². The van der Waals surface area contributed by atoms with Crippen LogP contribution in [0.4, 0.5) is 0 Å². The van der Waals surface area contributed by atoms with E-state index in [2.05, 4.69) is 12.2 Å². The van der Waals surface area contributed by atoms with Crippen LogP contribution in [0, 0.1) is 0 Å². The smallest absolute Gasteiger partial charge is 0.335 e. The normalized spacial score (nSPS) is 12.8. The van der Waals surface area contributed by atoms with E-state index >= 15 is 0 Å². The minimum atomic E-state index is -0.701. The van der Waals surface area contributed by atoms with Gasteiger partial charge in [-0.25, -0.2) is 4.79 Å². The van der Waals surface area contributed by atoms with Gasteiger partial charge >= 0.3 is 5.97 Å². The Morgan fingerprint density at radius 2 is 0.694 bits per heavy atom. The lowest BCUT2D eigenvalue weighted by Gasteiger charge is -2.12. The summed E-state index contributed by atoms with van der Waals surface area (Å²) in [5.41, 5.74) is 0. The van der Waals surface area contributed by atoms with Gasteiger partial charge in [0.2, 0.25) is 5.91 Å². The van der Waals surface area contributed by atoms with Gasteiger partial charge < -0.3 is 67.0 Å². The standard InChI is InChI=1S/C43H80N2O17/c1-2-3-4-5-6-7-8-9-10-11-40(46)44-15-17-51-19-21-53-23-25-55-27-29-57-31-33-59-35-37-61-39-38-60-36-34-58-32-30-56-28-26-54-24-22-52-20-18-50-16-14-43(49)62-45-41(47)12-13-42(45)48/h2-39H2,1H3,(H,44,46). The van der Waals surface area contributed by atoms with Crippen molar-refractivity contribution in [3.8, 4) is 0 Å². The Kier molecular flexibility index (Phi) is 43.3. The van der Waals surface area contributed by atoms with E-state index in [1.165, 1.54) is 44.9 Å². The Hall–Kier alpha value is -2.40. The SMILES string of the molecule is CCCCCCCCCCCC(=O)NCCOCCOCCOCCOCCOCCOCCOCCOCCOCCOCCOCCOCCC(=O)ON1C(=O)CCC1=O. The molecule has 0 saturated carbocycles. The summed E-state index contributed by atoms with van der Waals surface area (Å²) in [6, 6.07) is 0. The second-order valence-corrected chi connectivity index (χ2v) is 14.1. The first kappa shape index (κ1) is 57.6. The van der Waals surface area contributed by atoms with Gasteiger partial charge in [-0.15, -0.1) is 5.06 Å². The molecule has 62 heavy (non-hydrogen) atoms. The van der Waals surface area contributed by atoms with E-state index in [9.17, 15) is 19.2 Å². The fourth-order valence-corrected chi connectivity index (χ4v) is 5.43. The lowest BCUT2D eigenvalue weighted by Crippen LogP contribution is -2.32. The van der Waals surface area contributed by atoms with Crippen LogP contribution in [0.3, 0.4) is 0 Å². The molecule has 364 valence electrons. The van der Waals surface area contributed by atoms with Crippen LogP contribution >= 0.6 is 0 Å². The number of hydrogen-bond acceptors (Lipinski definition) is 17. The second kappa shape index (κ2) is 46.6. The first-order valence-corrected chi connectivity index (χ1v) is 22.8. The molecule has 0 aromatic rings. The third-order valence-corrected chi connectivity index (χ3v) is 8.82. The molecule has 1 fully saturated rings. The van der Waals surface area contributed by atoms with Crippen LogP contribution in [-0.2, 0) is 80.9 Å². The highest BCUT2D eigenvalue weighted by Gasteiger charge is 2.32. The average molecular weight is 897 g/mol. The number of nitrogens with one attached hydrogen (secondary N) is 1. The summed E-state index contributed by atoms with van der Waals surface area (Å²) in [5, 5.41) is 3.43. The quantitative estimate of drug-likeness (QED) is 0.0688. The summed E-state index contributed by atoms with van der Waals surface area (Å²) in [4.78, 5) is 51.2. The number of nitrogens with zero attached hydrogens (tertiary/aromatic N) is 1. The zero-order valence-corrected chi connectivity index (χ0v) is 37.8. The molecule has 0 aliphatic carbocycles. The van der Waals surface area contributed by atoms with Crippen LogP contribution in [0.25, 0.3) is 0 Å². The molecule has 3 amide bonds. The molecule has 1 aliphatic heterocycles. The molecule has 1 aliphatic rings. The summed E-state index contributed by atoms with van der Waals surface area (Å²) >= 11 is 0. The van der Waals surface area contributed by atoms with Crippen molar-refractivity contribution in [1.29, 1.82) is 0 Å². The maximum Gasteiger partial charge on any atom is 0.335 e. The maximum absolute atomic E-state index is 11.9. The molecule has 1 N–H and O–H groups in total. The molecule has 0 radical (unpaired) electrons. The maximum atomic E-state index is 11.9. The predicted molar refractivity (Wildman–Crippen MR) is 226 cm³/mol. The number of carbonyl (C=O) groups is 4. The first-order valence-electron chi connectivity index (χ1n) is 22.8. The molecule has 0 aromatic heterocycles. The summed E-state index contributed by atoms with van der Waals surface area (Å²) < 4.78 is 65.6. The molecule has 0 spiro atoms. The Morgan fingerprint density at radius 3 is 1.03 bits per heavy atom. The summed E-state index contributed by atoms with van der Waals surface area (Å²) in [6.07, 6.45) is 11.9. The molecular weight excluding hydrogens is 816 g/mol. The third-order valence-electron chi connectivity index (χ3n) is 8.82. The molecule has 1 saturated heterocycles. The highest BCUT2D eigenvalue weighted by Crippen LogP contribution is 2.13. The minimum Gasteiger partial charge on any atom is -0.378 e. The van der Waals surface area contributed by atoms with E-state index in [4.69, 9.17) is 61.7 Å². The van der Waals surface area contributed by atoms with Gasteiger partial charge in [-0.05, 0) is 6.42 Å². The molecule has 0 aromatic carbocycles. The van der Waals surface area contributed by atoms with Gasteiger partial charge in [0, 0.05) is 25.8 Å². The van der Waals surface area contributed by atoms with Crippen LogP contribution in [0.5, 0.6) is 0 Å². The number of hydrogen-bond donors (Lipinski definition) is 1. The summed E-state index contributed by atoms with van der Waals surface area (Å²) in [6.45, 7) is 13.2. The number of imide groups is 1. The number of ether oxygens (including phenoxy) is 12. The van der Waals surface area contributed by atoms with Crippen molar-refractivity contribution in [3.05, 3.63) is 0 Å². The van der Waals surface area contributed by atoms with Gasteiger partial charge in [-0.2, -0.15) is 0 Å². The monoisotopic (exact) mass is 897 g/mol. The van der Waals surface area contributed by atoms with E-state index in [1.807, 2.05) is 0 Å². The number of amides is 3. The van der Waals surface area contributed by atoms with E-state index in [0.29, 0.717) is 163 Å². The van der Waals surface area contributed by atoms with Crippen molar-refractivity contribution >= 4 is 23.7 Å². The lowest BCUT2D eigenvalue weighted by atomic mass is 10.1. The Labute approximate surface area is 369 Å². The van der Waals surface area contributed by atoms with Crippen molar-refractivity contribution in [1.82, 2.24) is 10.4 Å². The van der Waals surface area contributed by atoms with E-state index in [-0.39, 0.29) is 38.4 Å². The molecule has 0 unspecified atom stereocenters. The van der Waals surface area contributed by atoms with Crippen LogP contribution in [0.1, 0.15) is 90.4 Å². The van der Waals surface area contributed by atoms with Crippen molar-refractivity contribution in [2.24, 2.45) is 0 Å². The van der Waals surface area contributed by atoms with Crippen LogP contribution in [-0.4, -0.2) is 194 Å². The first-order chi connectivity index (χ1) is 30.5. The summed E-state index contributed by atoms with van der Waals surface area (Å²) in [7, 11) is 0. The molecule has 19 heteroatoms. The molecule has 0 atom stereocenters. The predicted octanol–water partition coefficient (Wildman–Crippen LogP) is 3.22. The minimum absolute atomic E-state index is 0.0564. The highest BCUT2D eigenvalue weighted by molar-refractivity contribution is 6.01. The van der Waals surface area contributed by atoms with Crippen LogP contribution < -0.4 is 5.32 Å². The third kappa shape index (κ3) is 40.4. The van der Waals surface area contributed by atoms with Gasteiger partial charge in [-0.1, -0.05) is 58.3 Å². The average Bonchev–Trinajstić information content (AvgIpc) is 3.58. The van der Waals surface area contributed by atoms with Crippen molar-refractivity contribution in [3.63, 3.8) is 0 Å². The molecule has 1 heterocycles. The second-order valence-electron chi connectivity index (χ2n) is 14.1. The highest BCUT2D eigenvalue weighted by atomic mass is 16.7. The van der Waals surface area contributed by atoms with E-state index in [1.54, 1.807) is 0 Å². The number of carbonyl (C=O) groups excluding carboxylic acids is 4. The number of unbranched alkanes of at least 4 members (excludes halogenated alkanes) is 8. The van der Waals surface area contributed by atoms with E-state index < -0.39 is 17.8 Å². The van der Waals surface area contributed by atoms with Gasteiger partial charge in [0.05, 0.1) is 165 Å². The topological polar surface area (TPSA) is 204 Å². The van der Waals surface area contributed by atoms with Gasteiger partial charge in [0.1, 0.15) is 0 Å². The summed E-state index contributed by atoms with van der Waals surface area (Å²) in [5.74, 6) is -1.62. The number of rotatable bonds is 50. The Balaban J connectivity index is 1.63. The van der Waals surface area contributed by atoms with Gasteiger partial charge in [0.15, 0.2) is 0 Å². The van der Waals surface area contributed by atoms with Crippen molar-refractivity contribution in [2.75, 3.05) is 165 Å². The fraction of sp³-hybridized carbons (Fsp3) is 0.907. The van der Waals surface area contributed by atoms with Crippen molar-refractivity contribution in [2.45, 2.75) is 90.4 Å². The van der Waals surface area contributed by atoms with E-state index in [0.717, 1.165) is 12.8 Å². The zero-order chi connectivity index (χ0) is 44.7. The number of hydroxylamine groups is 2. The Morgan fingerprint density at radius 1 is 0.403 bits per heavy atom. The van der Waals surface area contributed by atoms with Crippen LogP contribution in [0.2, 0.25) is 0 Å². The fourth-order valence-electron chi connectivity index (χ4n) is 5.43. The lowest BCUT2D eigenvalue weighted by molar-refractivity contribution is -0.198.